The lowest BCUT2D eigenvalue weighted by Gasteiger charge is -2.07. The molecule has 0 fully saturated rings. The van der Waals surface area contributed by atoms with Crippen LogP contribution in [0.1, 0.15) is 10.7 Å². The summed E-state index contributed by atoms with van der Waals surface area (Å²) in [7, 11) is 0. The zero-order valence-electron chi connectivity index (χ0n) is 9.75. The van der Waals surface area contributed by atoms with Crippen LogP contribution in [0.4, 0.5) is 0 Å². The van der Waals surface area contributed by atoms with Gasteiger partial charge in [0.25, 0.3) is 0 Å². The molecule has 1 rings (SSSR count). The third-order valence-corrected chi connectivity index (χ3v) is 3.72. The number of aliphatic hydroxyl groups is 1. The topological polar surface area (TPSA) is 99.5 Å². The van der Waals surface area contributed by atoms with E-state index in [9.17, 15) is 9.59 Å². The maximum Gasteiger partial charge on any atom is 0.334 e. The van der Waals surface area contributed by atoms with Crippen molar-refractivity contribution < 1.29 is 19.8 Å². The summed E-state index contributed by atoms with van der Waals surface area (Å²) in [5.74, 6) is -0.796. The van der Waals surface area contributed by atoms with Crippen molar-refractivity contribution in [2.75, 3.05) is 12.3 Å². The number of nitrogens with one attached hydrogen (secondary N) is 1. The fourth-order valence-electron chi connectivity index (χ4n) is 1.07. The van der Waals surface area contributed by atoms with Gasteiger partial charge in [-0.15, -0.1) is 23.1 Å². The van der Waals surface area contributed by atoms with Crippen LogP contribution in [-0.4, -0.2) is 45.5 Å². The Bertz CT molecular complexity index is 422. The summed E-state index contributed by atoms with van der Waals surface area (Å²) in [4.78, 5) is 25.9. The molecule has 1 atom stereocenters. The number of thiazole rings is 1. The quantitative estimate of drug-likeness (QED) is 0.665. The molecule has 3 N–H and O–H groups in total. The molecule has 1 heterocycles. The van der Waals surface area contributed by atoms with E-state index in [0.717, 1.165) is 10.7 Å². The first kappa shape index (κ1) is 14.9. The number of hydrogen-bond donors (Lipinski definition) is 3. The summed E-state index contributed by atoms with van der Waals surface area (Å²) in [6, 6.07) is 0. The molecule has 0 aliphatic rings. The van der Waals surface area contributed by atoms with Crippen molar-refractivity contribution in [2.24, 2.45) is 0 Å². The first-order valence-electron chi connectivity index (χ1n) is 5.15. The van der Waals surface area contributed by atoms with E-state index >= 15 is 0 Å². The lowest BCUT2D eigenvalue weighted by molar-refractivity contribution is -0.146. The van der Waals surface area contributed by atoms with Gasteiger partial charge >= 0.3 is 5.97 Å². The Labute approximate surface area is 112 Å². The van der Waals surface area contributed by atoms with Gasteiger partial charge < -0.3 is 15.5 Å². The van der Waals surface area contributed by atoms with Crippen molar-refractivity contribution >= 4 is 35.0 Å². The molecule has 0 unspecified atom stereocenters. The highest BCUT2D eigenvalue weighted by molar-refractivity contribution is 7.99. The molecule has 1 aromatic rings. The van der Waals surface area contributed by atoms with Gasteiger partial charge in [-0.3, -0.25) is 4.79 Å². The zero-order chi connectivity index (χ0) is 13.5. The van der Waals surface area contributed by atoms with Crippen LogP contribution in [-0.2, 0) is 15.3 Å². The van der Waals surface area contributed by atoms with Crippen molar-refractivity contribution in [3.05, 3.63) is 16.1 Å². The van der Waals surface area contributed by atoms with Gasteiger partial charge in [-0.25, -0.2) is 9.78 Å². The lowest BCUT2D eigenvalue weighted by Crippen LogP contribution is -2.37. The van der Waals surface area contributed by atoms with Crippen LogP contribution in [0.5, 0.6) is 0 Å². The molecule has 18 heavy (non-hydrogen) atoms. The number of hydrogen-bond acceptors (Lipinski definition) is 6. The monoisotopic (exact) mass is 290 g/mol. The van der Waals surface area contributed by atoms with E-state index in [-0.39, 0.29) is 18.2 Å². The number of carbonyl (C=O) groups excluding carboxylic acids is 1. The molecule has 8 heteroatoms. The average Bonchev–Trinajstić information content (AvgIpc) is 2.71. The van der Waals surface area contributed by atoms with Gasteiger partial charge in [-0.2, -0.15) is 0 Å². The van der Waals surface area contributed by atoms with Gasteiger partial charge in [-0.05, 0) is 6.92 Å². The number of carboxylic acids is 1. The second kappa shape index (κ2) is 7.34. The fraction of sp³-hybridized carbons (Fsp3) is 0.500. The van der Waals surface area contributed by atoms with Crippen LogP contribution in [0.15, 0.2) is 5.38 Å². The number of thioether (sulfide) groups is 1. The maximum atomic E-state index is 11.3. The summed E-state index contributed by atoms with van der Waals surface area (Å²) < 4.78 is 0. The average molecular weight is 290 g/mol. The SMILES string of the molecule is Cc1nc(CSCC(=O)NC[C@H](O)C(=O)O)cs1. The van der Waals surface area contributed by atoms with Crippen LogP contribution < -0.4 is 5.32 Å². The predicted octanol–water partition coefficient (Wildman–Crippen LogP) is 0.246. The van der Waals surface area contributed by atoms with Crippen molar-refractivity contribution in [1.82, 2.24) is 10.3 Å². The van der Waals surface area contributed by atoms with E-state index in [4.69, 9.17) is 10.2 Å². The van der Waals surface area contributed by atoms with Crippen molar-refractivity contribution in [3.8, 4) is 0 Å². The second-order valence-corrected chi connectivity index (χ2v) is 5.56. The number of aliphatic carboxylic acids is 1. The summed E-state index contributed by atoms with van der Waals surface area (Å²) >= 11 is 2.95. The molecule has 0 saturated heterocycles. The Morgan fingerprint density at radius 1 is 1.61 bits per heavy atom. The van der Waals surface area contributed by atoms with E-state index in [0.29, 0.717) is 5.75 Å². The van der Waals surface area contributed by atoms with Gasteiger partial charge in [0.1, 0.15) is 0 Å². The van der Waals surface area contributed by atoms with Gasteiger partial charge in [-0.1, -0.05) is 0 Å². The minimum Gasteiger partial charge on any atom is -0.479 e. The summed E-state index contributed by atoms with van der Waals surface area (Å²) in [6.45, 7) is 1.64. The minimum absolute atomic E-state index is 0.211. The first-order valence-corrected chi connectivity index (χ1v) is 7.19. The number of carboxylic acid groups (broad SMARTS) is 1. The molecular formula is C10H14N2O4S2. The van der Waals surface area contributed by atoms with Crippen LogP contribution in [0.25, 0.3) is 0 Å². The predicted molar refractivity (Wildman–Crippen MR) is 69.7 cm³/mol. The van der Waals surface area contributed by atoms with E-state index in [1.807, 2.05) is 12.3 Å². The summed E-state index contributed by atoms with van der Waals surface area (Å²) in [5.41, 5.74) is 0.931. The van der Waals surface area contributed by atoms with Gasteiger partial charge in [0.05, 0.1) is 23.0 Å². The highest BCUT2D eigenvalue weighted by Gasteiger charge is 2.13. The number of aliphatic hydroxyl groups excluding tert-OH is 1. The van der Waals surface area contributed by atoms with Crippen LogP contribution in [0.2, 0.25) is 0 Å². The molecule has 1 aromatic heterocycles. The Kier molecular flexibility index (Phi) is 6.10. The number of rotatable bonds is 7. The molecule has 0 aromatic carbocycles. The minimum atomic E-state index is -1.56. The standard InChI is InChI=1S/C10H14N2O4S2/c1-6-12-7(4-18-6)3-17-5-9(14)11-2-8(13)10(15)16/h4,8,13H,2-3,5H2,1H3,(H,11,14)(H,15,16)/t8-/m0/s1. The second-order valence-electron chi connectivity index (χ2n) is 3.51. The molecule has 0 spiro atoms. The molecule has 0 radical (unpaired) electrons. The van der Waals surface area contributed by atoms with Crippen LogP contribution in [0.3, 0.4) is 0 Å². The molecular weight excluding hydrogens is 276 g/mol. The smallest absolute Gasteiger partial charge is 0.334 e. The number of aromatic nitrogens is 1. The highest BCUT2D eigenvalue weighted by Crippen LogP contribution is 2.14. The van der Waals surface area contributed by atoms with Crippen molar-refractivity contribution in [1.29, 1.82) is 0 Å². The largest absolute Gasteiger partial charge is 0.479 e. The molecule has 0 bridgehead atoms. The van der Waals surface area contributed by atoms with E-state index in [1.54, 1.807) is 11.3 Å². The number of nitrogens with zero attached hydrogens (tertiary/aromatic N) is 1. The Hall–Kier alpha value is -1.12. The molecule has 6 nitrogen and oxygen atoms in total. The van der Waals surface area contributed by atoms with E-state index < -0.39 is 12.1 Å². The number of amides is 1. The highest BCUT2D eigenvalue weighted by atomic mass is 32.2. The van der Waals surface area contributed by atoms with Gasteiger partial charge in [0, 0.05) is 11.1 Å². The van der Waals surface area contributed by atoms with E-state index in [1.165, 1.54) is 11.8 Å². The fourth-order valence-corrected chi connectivity index (χ4v) is 2.54. The maximum absolute atomic E-state index is 11.3. The Morgan fingerprint density at radius 2 is 2.33 bits per heavy atom. The van der Waals surface area contributed by atoms with Crippen molar-refractivity contribution in [2.45, 2.75) is 18.8 Å². The Balaban J connectivity index is 2.15. The molecule has 100 valence electrons. The molecule has 0 aliphatic carbocycles. The van der Waals surface area contributed by atoms with Gasteiger partial charge in [0.2, 0.25) is 5.91 Å². The third kappa shape index (κ3) is 5.48. The zero-order valence-corrected chi connectivity index (χ0v) is 11.4. The summed E-state index contributed by atoms with van der Waals surface area (Å²) in [6.07, 6.45) is -1.56. The lowest BCUT2D eigenvalue weighted by atomic mass is 10.3. The van der Waals surface area contributed by atoms with Crippen LogP contribution >= 0.6 is 23.1 Å². The molecule has 0 aliphatic heterocycles. The van der Waals surface area contributed by atoms with Gasteiger partial charge in [0.15, 0.2) is 6.10 Å². The summed E-state index contributed by atoms with van der Waals surface area (Å²) in [5, 5.41) is 22.6. The first-order chi connectivity index (χ1) is 8.49. The number of aryl methyl sites for hydroxylation is 1. The van der Waals surface area contributed by atoms with Crippen LogP contribution in [0, 0.1) is 6.92 Å². The third-order valence-electron chi connectivity index (χ3n) is 1.93. The number of carbonyl (C=O) groups is 2. The molecule has 1 amide bonds. The molecule has 0 saturated carbocycles. The van der Waals surface area contributed by atoms with Crippen molar-refractivity contribution in [3.63, 3.8) is 0 Å². The van der Waals surface area contributed by atoms with E-state index in [2.05, 4.69) is 10.3 Å². The Morgan fingerprint density at radius 3 is 2.89 bits per heavy atom. The normalized spacial score (nSPS) is 12.1.